The summed E-state index contributed by atoms with van der Waals surface area (Å²) in [6.07, 6.45) is 0.840. The predicted molar refractivity (Wildman–Crippen MR) is 103 cm³/mol. The molecule has 0 bridgehead atoms. The topological polar surface area (TPSA) is 106 Å². The number of hydrogen-bond donors (Lipinski definition) is 4. The van der Waals surface area contributed by atoms with Crippen LogP contribution in [0.5, 0.6) is 5.75 Å². The van der Waals surface area contributed by atoms with E-state index in [9.17, 15) is 5.11 Å². The molecular weight excluding hydrogens is 419 g/mol. The molecule has 6 N–H and O–H groups in total. The van der Waals surface area contributed by atoms with Gasteiger partial charge in [-0.3, -0.25) is 4.84 Å². The fourth-order valence-electron chi connectivity index (χ4n) is 2.16. The zero-order valence-electron chi connectivity index (χ0n) is 13.2. The van der Waals surface area contributed by atoms with E-state index < -0.39 is 6.23 Å². The molecule has 2 rings (SSSR count). The molecule has 0 aliphatic carbocycles. The molecule has 0 aliphatic rings. The van der Waals surface area contributed by atoms with Gasteiger partial charge in [-0.1, -0.05) is 24.3 Å². The molecule has 2 aromatic carbocycles. The summed E-state index contributed by atoms with van der Waals surface area (Å²) in [6, 6.07) is 15.2. The maximum Gasteiger partial charge on any atom is 0.188 e. The van der Waals surface area contributed by atoms with Crippen LogP contribution < -0.4 is 16.9 Å². The molecule has 0 fully saturated rings. The van der Waals surface area contributed by atoms with Crippen molar-refractivity contribution in [1.82, 2.24) is 5.48 Å². The Morgan fingerprint density at radius 2 is 1.92 bits per heavy atom. The SMILES string of the molecule is NC(N)=NC(Cc1cccc(I)c1)ONCCc1ccc(O)cc1. The van der Waals surface area contributed by atoms with E-state index in [2.05, 4.69) is 39.1 Å². The summed E-state index contributed by atoms with van der Waals surface area (Å²) in [5.41, 5.74) is 16.1. The maximum absolute atomic E-state index is 9.27. The minimum absolute atomic E-state index is 0.00837. The van der Waals surface area contributed by atoms with Crippen LogP contribution in [-0.4, -0.2) is 23.8 Å². The molecule has 0 amide bonds. The lowest BCUT2D eigenvalue weighted by atomic mass is 10.1. The van der Waals surface area contributed by atoms with Crippen molar-refractivity contribution >= 4 is 28.6 Å². The van der Waals surface area contributed by atoms with E-state index in [0.717, 1.165) is 21.1 Å². The molecular formula is C17H21IN4O2. The molecule has 0 aromatic heterocycles. The lowest BCUT2D eigenvalue weighted by molar-refractivity contribution is -0.0188. The van der Waals surface area contributed by atoms with Gasteiger partial charge in [-0.2, -0.15) is 5.48 Å². The number of nitrogens with zero attached hydrogens (tertiary/aromatic N) is 1. The van der Waals surface area contributed by atoms with Crippen LogP contribution in [0, 0.1) is 3.57 Å². The normalized spacial score (nSPS) is 11.9. The Morgan fingerprint density at radius 1 is 1.17 bits per heavy atom. The van der Waals surface area contributed by atoms with Gasteiger partial charge in [0.15, 0.2) is 12.2 Å². The molecule has 128 valence electrons. The number of benzene rings is 2. The summed E-state index contributed by atoms with van der Waals surface area (Å²) in [7, 11) is 0. The largest absolute Gasteiger partial charge is 0.508 e. The first kappa shape index (κ1) is 18.5. The van der Waals surface area contributed by atoms with Crippen molar-refractivity contribution in [2.24, 2.45) is 16.5 Å². The van der Waals surface area contributed by atoms with Gasteiger partial charge in [0, 0.05) is 16.5 Å². The Morgan fingerprint density at radius 3 is 2.58 bits per heavy atom. The first-order valence-electron chi connectivity index (χ1n) is 7.52. The fourth-order valence-corrected chi connectivity index (χ4v) is 2.77. The molecule has 6 nitrogen and oxygen atoms in total. The number of aromatic hydroxyl groups is 1. The van der Waals surface area contributed by atoms with Crippen LogP contribution in [0.3, 0.4) is 0 Å². The molecule has 1 atom stereocenters. The first-order chi connectivity index (χ1) is 11.5. The lowest BCUT2D eigenvalue weighted by Crippen LogP contribution is -2.31. The van der Waals surface area contributed by atoms with Crippen LogP contribution in [0.25, 0.3) is 0 Å². The summed E-state index contributed by atoms with van der Waals surface area (Å²) < 4.78 is 1.15. The van der Waals surface area contributed by atoms with Crippen molar-refractivity contribution in [3.63, 3.8) is 0 Å². The number of aliphatic imine (C=N–C) groups is 1. The number of rotatable bonds is 8. The molecule has 0 saturated heterocycles. The van der Waals surface area contributed by atoms with Crippen LogP contribution in [-0.2, 0) is 17.7 Å². The molecule has 0 spiro atoms. The highest BCUT2D eigenvalue weighted by Gasteiger charge is 2.10. The second-order valence-corrected chi connectivity index (χ2v) is 6.52. The number of halogens is 1. The van der Waals surface area contributed by atoms with Crippen molar-refractivity contribution < 1.29 is 9.94 Å². The Bertz CT molecular complexity index is 673. The quantitative estimate of drug-likeness (QED) is 0.165. The molecule has 7 heteroatoms. The molecule has 0 saturated carbocycles. The maximum atomic E-state index is 9.27. The second-order valence-electron chi connectivity index (χ2n) is 5.27. The lowest BCUT2D eigenvalue weighted by Gasteiger charge is -2.15. The second kappa shape index (κ2) is 9.45. The molecule has 24 heavy (non-hydrogen) atoms. The summed E-state index contributed by atoms with van der Waals surface area (Å²) in [5.74, 6) is 0.249. The Labute approximate surface area is 155 Å². The van der Waals surface area contributed by atoms with Crippen molar-refractivity contribution in [2.75, 3.05) is 6.54 Å². The number of nitrogens with two attached hydrogens (primary N) is 2. The van der Waals surface area contributed by atoms with Gasteiger partial charge in [-0.15, -0.1) is 0 Å². The summed E-state index contributed by atoms with van der Waals surface area (Å²) >= 11 is 2.26. The number of hydroxylamine groups is 1. The van der Waals surface area contributed by atoms with E-state index in [1.165, 1.54) is 0 Å². The molecule has 0 aliphatic heterocycles. The zero-order chi connectivity index (χ0) is 17.4. The van der Waals surface area contributed by atoms with E-state index in [1.54, 1.807) is 12.1 Å². The predicted octanol–water partition coefficient (Wildman–Crippen LogP) is 1.90. The number of guanidine groups is 1. The van der Waals surface area contributed by atoms with E-state index in [1.807, 2.05) is 30.3 Å². The van der Waals surface area contributed by atoms with Gasteiger partial charge < -0.3 is 16.6 Å². The number of nitrogens with one attached hydrogen (secondary N) is 1. The van der Waals surface area contributed by atoms with Crippen LogP contribution in [0.1, 0.15) is 11.1 Å². The molecule has 0 radical (unpaired) electrons. The summed E-state index contributed by atoms with van der Waals surface area (Å²) in [5, 5.41) is 9.27. The van der Waals surface area contributed by atoms with E-state index >= 15 is 0 Å². The fraction of sp³-hybridized carbons (Fsp3) is 0.235. The number of phenolic OH excluding ortho intramolecular Hbond substituents is 1. The van der Waals surface area contributed by atoms with Crippen LogP contribution in [0.15, 0.2) is 53.5 Å². The highest BCUT2D eigenvalue weighted by molar-refractivity contribution is 14.1. The minimum Gasteiger partial charge on any atom is -0.508 e. The third-order valence-electron chi connectivity index (χ3n) is 3.26. The van der Waals surface area contributed by atoms with Gasteiger partial charge >= 0.3 is 0 Å². The average molecular weight is 440 g/mol. The van der Waals surface area contributed by atoms with Crippen LogP contribution >= 0.6 is 22.6 Å². The number of hydrogen-bond acceptors (Lipinski definition) is 4. The standard InChI is InChI=1S/C17H21IN4O2/c18-14-3-1-2-13(10-14)11-16(22-17(19)20)24-21-9-8-12-4-6-15(23)7-5-12/h1-7,10,16,21,23H,8-9,11H2,(H4,19,20,22). The summed E-state index contributed by atoms with van der Waals surface area (Å²) in [6.45, 7) is 0.605. The average Bonchev–Trinajstić information content (AvgIpc) is 2.52. The van der Waals surface area contributed by atoms with Crippen molar-refractivity contribution in [1.29, 1.82) is 0 Å². The van der Waals surface area contributed by atoms with E-state index in [0.29, 0.717) is 13.0 Å². The highest BCUT2D eigenvalue weighted by Crippen LogP contribution is 2.12. The Hall–Kier alpha value is -1.84. The third kappa shape index (κ3) is 6.73. The van der Waals surface area contributed by atoms with Gasteiger partial charge in [-0.05, 0) is 64.4 Å². The van der Waals surface area contributed by atoms with E-state index in [-0.39, 0.29) is 11.7 Å². The first-order valence-corrected chi connectivity index (χ1v) is 8.60. The van der Waals surface area contributed by atoms with Gasteiger partial charge in [-0.25, -0.2) is 4.99 Å². The van der Waals surface area contributed by atoms with Crippen LogP contribution in [0.2, 0.25) is 0 Å². The summed E-state index contributed by atoms with van der Waals surface area (Å²) in [4.78, 5) is 9.70. The van der Waals surface area contributed by atoms with Gasteiger partial charge in [0.2, 0.25) is 0 Å². The number of phenols is 1. The van der Waals surface area contributed by atoms with Crippen molar-refractivity contribution in [3.05, 3.63) is 63.2 Å². The monoisotopic (exact) mass is 440 g/mol. The van der Waals surface area contributed by atoms with Gasteiger partial charge in [0.1, 0.15) is 5.75 Å². The Kier molecular flexibility index (Phi) is 7.29. The van der Waals surface area contributed by atoms with Crippen LogP contribution in [0.4, 0.5) is 0 Å². The Balaban J connectivity index is 1.85. The van der Waals surface area contributed by atoms with E-state index in [4.69, 9.17) is 16.3 Å². The zero-order valence-corrected chi connectivity index (χ0v) is 15.3. The highest BCUT2D eigenvalue weighted by atomic mass is 127. The van der Waals surface area contributed by atoms with Gasteiger partial charge in [0.05, 0.1) is 0 Å². The van der Waals surface area contributed by atoms with Crippen molar-refractivity contribution in [3.8, 4) is 5.75 Å². The third-order valence-corrected chi connectivity index (χ3v) is 3.93. The van der Waals surface area contributed by atoms with Crippen molar-refractivity contribution in [2.45, 2.75) is 19.1 Å². The minimum atomic E-state index is -0.493. The molecule has 1 unspecified atom stereocenters. The van der Waals surface area contributed by atoms with Gasteiger partial charge in [0.25, 0.3) is 0 Å². The molecule has 2 aromatic rings. The molecule has 0 heterocycles. The smallest absolute Gasteiger partial charge is 0.188 e.